The zero-order valence-electron chi connectivity index (χ0n) is 17.2. The van der Waals surface area contributed by atoms with E-state index >= 15 is 0 Å². The first-order chi connectivity index (χ1) is 14.9. The Morgan fingerprint density at radius 1 is 1.10 bits per heavy atom. The van der Waals surface area contributed by atoms with Gasteiger partial charge in [0.2, 0.25) is 0 Å². The molecule has 3 aromatic rings. The number of hydrogen-bond acceptors (Lipinski definition) is 7. The first-order valence-electron chi connectivity index (χ1n) is 9.84. The molecule has 1 aliphatic rings. The van der Waals surface area contributed by atoms with Gasteiger partial charge in [-0.1, -0.05) is 28.1 Å². The first-order valence-corrected chi connectivity index (χ1v) is 13.1. The molecule has 2 aromatic carbocycles. The number of aromatic nitrogens is 1. The van der Waals surface area contributed by atoms with Crippen LogP contribution in [0.25, 0.3) is 11.3 Å². The highest BCUT2D eigenvalue weighted by atomic mass is 79.9. The normalized spacial score (nSPS) is 15.1. The summed E-state index contributed by atoms with van der Waals surface area (Å²) in [4.78, 5) is 7.14. The molecule has 0 aliphatic carbocycles. The number of anilines is 1. The van der Waals surface area contributed by atoms with Gasteiger partial charge in [-0.2, -0.15) is 0 Å². The van der Waals surface area contributed by atoms with Crippen LogP contribution < -0.4 is 14.4 Å². The van der Waals surface area contributed by atoms with Crippen molar-refractivity contribution in [1.29, 1.82) is 0 Å². The Labute approximate surface area is 194 Å². The maximum absolute atomic E-state index is 13.3. The molecule has 0 spiro atoms. The molecule has 1 aliphatic heterocycles. The van der Waals surface area contributed by atoms with E-state index in [1.807, 2.05) is 29.6 Å². The van der Waals surface area contributed by atoms with Crippen molar-refractivity contribution < 1.29 is 17.9 Å². The van der Waals surface area contributed by atoms with E-state index in [9.17, 15) is 8.42 Å². The van der Waals surface area contributed by atoms with Crippen LogP contribution in [0.1, 0.15) is 12.8 Å². The molecule has 0 unspecified atom stereocenters. The maximum Gasteiger partial charge on any atom is 0.185 e. The van der Waals surface area contributed by atoms with Gasteiger partial charge in [0.15, 0.2) is 15.0 Å². The average Bonchev–Trinajstić information content (AvgIpc) is 3.29. The van der Waals surface area contributed by atoms with Gasteiger partial charge in [0.25, 0.3) is 0 Å². The van der Waals surface area contributed by atoms with Gasteiger partial charge in [-0.3, -0.25) is 0 Å². The highest BCUT2D eigenvalue weighted by Gasteiger charge is 2.34. The van der Waals surface area contributed by atoms with E-state index in [1.54, 1.807) is 29.5 Å². The zero-order valence-corrected chi connectivity index (χ0v) is 20.5. The van der Waals surface area contributed by atoms with Crippen LogP contribution in [0.5, 0.6) is 11.5 Å². The van der Waals surface area contributed by atoms with Gasteiger partial charge in [-0.05, 0) is 37.1 Å². The molecule has 0 saturated carbocycles. The lowest BCUT2D eigenvalue weighted by Crippen LogP contribution is -2.39. The Hall–Kier alpha value is -2.10. The van der Waals surface area contributed by atoms with Gasteiger partial charge in [-0.15, -0.1) is 11.3 Å². The summed E-state index contributed by atoms with van der Waals surface area (Å²) in [5, 5.41) is 2.50. The summed E-state index contributed by atoms with van der Waals surface area (Å²) in [6.45, 7) is 1.28. The second-order valence-electron chi connectivity index (χ2n) is 7.27. The molecule has 2 heterocycles. The minimum Gasteiger partial charge on any atom is -0.497 e. The van der Waals surface area contributed by atoms with E-state index in [2.05, 4.69) is 20.8 Å². The zero-order chi connectivity index (χ0) is 22.0. The summed E-state index contributed by atoms with van der Waals surface area (Å²) >= 11 is 5.08. The molecule has 0 bridgehead atoms. The van der Waals surface area contributed by atoms with Crippen LogP contribution in [-0.4, -0.2) is 46.0 Å². The largest absolute Gasteiger partial charge is 0.497 e. The molecule has 1 saturated heterocycles. The standard InChI is InChI=1S/C22H23BrN2O4S2/c1-28-17-6-7-20(29-2)21(13-17)31(26,27)18-8-10-25(11-9-18)22-24-19(14-30-22)15-4-3-5-16(23)12-15/h3-7,12-14,18H,8-11H2,1-2H3. The van der Waals surface area contributed by atoms with Crippen molar-refractivity contribution in [1.82, 2.24) is 4.98 Å². The van der Waals surface area contributed by atoms with E-state index in [0.29, 0.717) is 37.4 Å². The fourth-order valence-corrected chi connectivity index (χ4v) is 6.92. The molecule has 9 heteroatoms. The van der Waals surface area contributed by atoms with Crippen LogP contribution in [-0.2, 0) is 9.84 Å². The van der Waals surface area contributed by atoms with Crippen LogP contribution in [0.2, 0.25) is 0 Å². The molecule has 6 nitrogen and oxygen atoms in total. The molecule has 0 amide bonds. The number of benzene rings is 2. The minimum absolute atomic E-state index is 0.194. The van der Waals surface area contributed by atoms with Crippen molar-refractivity contribution in [3.63, 3.8) is 0 Å². The monoisotopic (exact) mass is 522 g/mol. The summed E-state index contributed by atoms with van der Waals surface area (Å²) < 4.78 is 38.2. The molecule has 31 heavy (non-hydrogen) atoms. The Morgan fingerprint density at radius 2 is 1.87 bits per heavy atom. The van der Waals surface area contributed by atoms with E-state index in [0.717, 1.165) is 20.9 Å². The summed E-state index contributed by atoms with van der Waals surface area (Å²) in [7, 11) is -0.538. The third-order valence-electron chi connectivity index (χ3n) is 5.44. The van der Waals surface area contributed by atoms with Gasteiger partial charge < -0.3 is 14.4 Å². The number of halogens is 1. The van der Waals surface area contributed by atoms with Crippen molar-refractivity contribution in [2.24, 2.45) is 0 Å². The van der Waals surface area contributed by atoms with E-state index < -0.39 is 15.1 Å². The van der Waals surface area contributed by atoms with E-state index in [1.165, 1.54) is 14.2 Å². The van der Waals surface area contributed by atoms with Crippen LogP contribution in [0, 0.1) is 0 Å². The molecule has 4 rings (SSSR count). The molecular weight excluding hydrogens is 500 g/mol. The van der Waals surface area contributed by atoms with Gasteiger partial charge in [0.1, 0.15) is 16.4 Å². The Bertz CT molecular complexity index is 1170. The molecule has 0 N–H and O–H groups in total. The van der Waals surface area contributed by atoms with Crippen LogP contribution in [0.15, 0.2) is 57.2 Å². The number of piperidine rings is 1. The van der Waals surface area contributed by atoms with Crippen LogP contribution in [0.3, 0.4) is 0 Å². The number of hydrogen-bond donors (Lipinski definition) is 0. The predicted octanol–water partition coefficient (Wildman–Crippen LogP) is 5.03. The molecule has 0 radical (unpaired) electrons. The predicted molar refractivity (Wildman–Crippen MR) is 127 cm³/mol. The SMILES string of the molecule is COc1ccc(OC)c(S(=O)(=O)C2CCN(c3nc(-c4cccc(Br)c4)cs3)CC2)c1. The quantitative estimate of drug-likeness (QED) is 0.452. The fraction of sp³-hybridized carbons (Fsp3) is 0.318. The average molecular weight is 523 g/mol. The lowest BCUT2D eigenvalue weighted by atomic mass is 10.1. The Morgan fingerprint density at radius 3 is 2.55 bits per heavy atom. The molecule has 0 atom stereocenters. The topological polar surface area (TPSA) is 68.7 Å². The van der Waals surface area contributed by atoms with Crippen LogP contribution >= 0.6 is 27.3 Å². The second-order valence-corrected chi connectivity index (χ2v) is 11.2. The third-order valence-corrected chi connectivity index (χ3v) is 9.12. The highest BCUT2D eigenvalue weighted by Crippen LogP contribution is 2.36. The van der Waals surface area contributed by atoms with Crippen molar-refractivity contribution in [3.05, 3.63) is 52.3 Å². The van der Waals surface area contributed by atoms with Gasteiger partial charge in [-0.25, -0.2) is 13.4 Å². The van der Waals surface area contributed by atoms with E-state index in [-0.39, 0.29) is 4.90 Å². The minimum atomic E-state index is -3.54. The molecule has 164 valence electrons. The molecular formula is C22H23BrN2O4S2. The van der Waals surface area contributed by atoms with E-state index in [4.69, 9.17) is 14.5 Å². The van der Waals surface area contributed by atoms with Crippen molar-refractivity contribution in [2.75, 3.05) is 32.2 Å². The molecule has 1 fully saturated rings. The summed E-state index contributed by atoms with van der Waals surface area (Å²) in [6, 6.07) is 12.9. The summed E-state index contributed by atoms with van der Waals surface area (Å²) in [6.07, 6.45) is 1.07. The second kappa shape index (κ2) is 9.18. The number of sulfone groups is 1. The fourth-order valence-electron chi connectivity index (χ4n) is 3.73. The Balaban J connectivity index is 1.49. The maximum atomic E-state index is 13.3. The lowest BCUT2D eigenvalue weighted by Gasteiger charge is -2.31. The number of rotatable bonds is 6. The third kappa shape index (κ3) is 4.58. The van der Waals surface area contributed by atoms with Gasteiger partial charge in [0, 0.05) is 34.6 Å². The number of nitrogens with zero attached hydrogens (tertiary/aromatic N) is 2. The van der Waals surface area contributed by atoms with Crippen LogP contribution in [0.4, 0.5) is 5.13 Å². The number of thiazole rings is 1. The van der Waals surface area contributed by atoms with Crippen molar-refractivity contribution >= 4 is 42.2 Å². The summed E-state index contributed by atoms with van der Waals surface area (Å²) in [5.74, 6) is 0.849. The first kappa shape index (κ1) is 22.1. The Kier molecular flexibility index (Phi) is 6.55. The number of ether oxygens (including phenoxy) is 2. The van der Waals surface area contributed by atoms with Crippen molar-refractivity contribution in [3.8, 4) is 22.8 Å². The smallest absolute Gasteiger partial charge is 0.185 e. The van der Waals surface area contributed by atoms with Gasteiger partial charge in [0.05, 0.1) is 25.2 Å². The number of methoxy groups -OCH3 is 2. The van der Waals surface area contributed by atoms with Gasteiger partial charge >= 0.3 is 0 Å². The van der Waals surface area contributed by atoms with Crippen molar-refractivity contribution in [2.45, 2.75) is 23.0 Å². The lowest BCUT2D eigenvalue weighted by molar-refractivity contribution is 0.391. The summed E-state index contributed by atoms with van der Waals surface area (Å²) in [5.41, 5.74) is 1.98. The molecule has 1 aromatic heterocycles. The highest BCUT2D eigenvalue weighted by molar-refractivity contribution is 9.10.